The van der Waals surface area contributed by atoms with E-state index in [9.17, 15) is 4.79 Å². The molecular formula is C20H26N4O. The van der Waals surface area contributed by atoms with Gasteiger partial charge >= 0.3 is 0 Å². The number of fused-ring (bicyclic) bond motifs is 5. The zero-order valence-corrected chi connectivity index (χ0v) is 15.1. The van der Waals surface area contributed by atoms with Crippen molar-refractivity contribution in [3.05, 3.63) is 40.7 Å². The maximum atomic E-state index is 11.7. The number of hydrogen-bond acceptors (Lipinski definition) is 4. The Morgan fingerprint density at radius 2 is 2.20 bits per heavy atom. The third kappa shape index (κ3) is 2.29. The van der Waals surface area contributed by atoms with Crippen molar-refractivity contribution < 1.29 is 4.79 Å². The van der Waals surface area contributed by atoms with Gasteiger partial charge in [0.2, 0.25) is 0 Å². The monoisotopic (exact) mass is 338 g/mol. The van der Waals surface area contributed by atoms with Crippen LogP contribution in [0.15, 0.2) is 23.9 Å². The lowest BCUT2D eigenvalue weighted by Gasteiger charge is -2.23. The number of carbonyl (C=O) groups is 1. The standard InChI is InChI=1S/C20H26N4O/c1-4-20(2,11-25)15-9-17-14(8-16(15)21)13-7-5-6-12-10-22-24(3)19(12)18(13)23-17/h8-11,19,22-23H,4-7,21H2,1-3H3. The van der Waals surface area contributed by atoms with E-state index >= 15 is 0 Å². The lowest BCUT2D eigenvalue weighted by molar-refractivity contribution is -0.112. The Kier molecular flexibility index (Phi) is 3.65. The molecule has 0 radical (unpaired) electrons. The SMILES string of the molecule is CCC(C)(C=O)c1cc2[nH]c3c(c2cc1N)CCCC1=CNN(C)C13. The number of likely N-dealkylation sites (N-methyl/N-ethyl adjacent to an activating group) is 1. The normalized spacial score (nSPS) is 22.5. The maximum absolute atomic E-state index is 11.7. The first-order chi connectivity index (χ1) is 12.0. The van der Waals surface area contributed by atoms with Crippen molar-refractivity contribution in [2.45, 2.75) is 51.0 Å². The first-order valence-corrected chi connectivity index (χ1v) is 9.07. The molecule has 0 saturated carbocycles. The number of aromatic nitrogens is 1. The molecule has 2 aliphatic rings. The summed E-state index contributed by atoms with van der Waals surface area (Å²) in [6.07, 6.45) is 7.18. The Hall–Kier alpha value is -2.27. The quantitative estimate of drug-likeness (QED) is 0.593. The summed E-state index contributed by atoms with van der Waals surface area (Å²) < 4.78 is 0. The summed E-state index contributed by atoms with van der Waals surface area (Å²) in [6, 6.07) is 4.40. The zero-order chi connectivity index (χ0) is 17.8. The number of aryl methyl sites for hydroxylation is 1. The highest BCUT2D eigenvalue weighted by Gasteiger charge is 2.33. The van der Waals surface area contributed by atoms with Gasteiger partial charge in [-0.3, -0.25) is 0 Å². The van der Waals surface area contributed by atoms with Crippen LogP contribution in [0.3, 0.4) is 0 Å². The smallest absolute Gasteiger partial charge is 0.130 e. The van der Waals surface area contributed by atoms with Gasteiger partial charge < -0.3 is 20.9 Å². The zero-order valence-electron chi connectivity index (χ0n) is 15.1. The number of hydrazine groups is 1. The molecule has 5 heteroatoms. The maximum Gasteiger partial charge on any atom is 0.130 e. The molecule has 0 amide bonds. The van der Waals surface area contributed by atoms with Crippen molar-refractivity contribution in [3.63, 3.8) is 0 Å². The second-order valence-corrected chi connectivity index (χ2v) is 7.61. The summed E-state index contributed by atoms with van der Waals surface area (Å²) >= 11 is 0. The largest absolute Gasteiger partial charge is 0.398 e. The number of nitrogens with one attached hydrogen (secondary N) is 2. The average molecular weight is 338 g/mol. The fourth-order valence-corrected chi connectivity index (χ4v) is 4.31. The number of H-pyrrole nitrogens is 1. The van der Waals surface area contributed by atoms with E-state index in [4.69, 9.17) is 5.73 Å². The fraction of sp³-hybridized carbons (Fsp3) is 0.450. The van der Waals surface area contributed by atoms with Crippen LogP contribution in [0.2, 0.25) is 0 Å². The van der Waals surface area contributed by atoms with E-state index in [0.29, 0.717) is 5.69 Å². The number of rotatable bonds is 3. The highest BCUT2D eigenvalue weighted by atomic mass is 16.1. The number of nitrogens with zero attached hydrogens (tertiary/aromatic N) is 1. The van der Waals surface area contributed by atoms with Gasteiger partial charge in [-0.1, -0.05) is 6.92 Å². The average Bonchev–Trinajstić information content (AvgIpc) is 3.07. The number of anilines is 1. The molecule has 0 fully saturated rings. The highest BCUT2D eigenvalue weighted by molar-refractivity contribution is 5.91. The van der Waals surface area contributed by atoms with Crippen LogP contribution in [0.5, 0.6) is 0 Å². The van der Waals surface area contributed by atoms with Gasteiger partial charge in [0.05, 0.1) is 6.04 Å². The van der Waals surface area contributed by atoms with Crippen LogP contribution in [0, 0.1) is 0 Å². The number of aldehydes is 1. The molecule has 0 spiro atoms. The van der Waals surface area contributed by atoms with Gasteiger partial charge in [0.1, 0.15) is 6.29 Å². The van der Waals surface area contributed by atoms with E-state index in [1.807, 2.05) is 13.8 Å². The number of carbonyl (C=O) groups excluding carboxylic acids is 1. The molecule has 4 N–H and O–H groups in total. The molecular weight excluding hydrogens is 312 g/mol. The Morgan fingerprint density at radius 1 is 1.40 bits per heavy atom. The highest BCUT2D eigenvalue weighted by Crippen LogP contribution is 2.42. The van der Waals surface area contributed by atoms with Crippen molar-refractivity contribution >= 4 is 22.9 Å². The molecule has 2 heterocycles. The molecule has 1 aromatic heterocycles. The lowest BCUT2D eigenvalue weighted by Crippen LogP contribution is -2.29. The Balaban J connectivity index is 1.92. The van der Waals surface area contributed by atoms with Gasteiger partial charge in [0.15, 0.2) is 0 Å². The molecule has 0 bridgehead atoms. The Bertz CT molecular complexity index is 881. The van der Waals surface area contributed by atoms with E-state index in [0.717, 1.165) is 43.0 Å². The summed E-state index contributed by atoms with van der Waals surface area (Å²) in [5.74, 6) is 0. The summed E-state index contributed by atoms with van der Waals surface area (Å²) in [5, 5.41) is 3.35. The van der Waals surface area contributed by atoms with Crippen LogP contribution in [0.25, 0.3) is 10.9 Å². The van der Waals surface area contributed by atoms with E-state index in [1.54, 1.807) is 0 Å². The molecule has 25 heavy (non-hydrogen) atoms. The molecule has 5 nitrogen and oxygen atoms in total. The summed E-state index contributed by atoms with van der Waals surface area (Å²) in [7, 11) is 2.08. The topological polar surface area (TPSA) is 74.1 Å². The predicted octanol–water partition coefficient (Wildman–Crippen LogP) is 3.33. The third-order valence-corrected chi connectivity index (χ3v) is 6.08. The number of hydrogen-bond donors (Lipinski definition) is 3. The minimum absolute atomic E-state index is 0.248. The van der Waals surface area contributed by atoms with Crippen LogP contribution in [-0.2, 0) is 16.6 Å². The number of benzene rings is 1. The van der Waals surface area contributed by atoms with Crippen LogP contribution in [-0.4, -0.2) is 23.3 Å². The van der Waals surface area contributed by atoms with Gasteiger partial charge in [-0.05, 0) is 61.4 Å². The fourth-order valence-electron chi connectivity index (χ4n) is 4.31. The molecule has 1 aliphatic carbocycles. The first kappa shape index (κ1) is 16.2. The second kappa shape index (κ2) is 5.63. The van der Waals surface area contributed by atoms with E-state index < -0.39 is 5.41 Å². The van der Waals surface area contributed by atoms with E-state index in [1.165, 1.54) is 22.2 Å². The van der Waals surface area contributed by atoms with Crippen molar-refractivity contribution in [2.24, 2.45) is 0 Å². The minimum atomic E-state index is -0.544. The van der Waals surface area contributed by atoms with E-state index in [-0.39, 0.29) is 6.04 Å². The molecule has 4 rings (SSSR count). The lowest BCUT2D eigenvalue weighted by atomic mass is 9.80. The van der Waals surface area contributed by atoms with Gasteiger partial charge in [-0.25, -0.2) is 5.01 Å². The summed E-state index contributed by atoms with van der Waals surface area (Å²) in [4.78, 5) is 15.3. The second-order valence-electron chi connectivity index (χ2n) is 7.61. The molecule has 1 aliphatic heterocycles. The predicted molar refractivity (Wildman–Crippen MR) is 101 cm³/mol. The third-order valence-electron chi connectivity index (χ3n) is 6.08. The van der Waals surface area contributed by atoms with Gasteiger partial charge in [0, 0.05) is 40.9 Å². The molecule has 132 valence electrons. The van der Waals surface area contributed by atoms with Crippen molar-refractivity contribution in [1.82, 2.24) is 15.4 Å². The van der Waals surface area contributed by atoms with Crippen LogP contribution in [0.1, 0.15) is 56.0 Å². The molecule has 2 aromatic rings. The summed E-state index contributed by atoms with van der Waals surface area (Å²) in [5.41, 5.74) is 15.9. The molecule has 2 atom stereocenters. The van der Waals surface area contributed by atoms with Crippen LogP contribution >= 0.6 is 0 Å². The van der Waals surface area contributed by atoms with Crippen LogP contribution < -0.4 is 11.2 Å². The minimum Gasteiger partial charge on any atom is -0.398 e. The van der Waals surface area contributed by atoms with E-state index in [2.05, 4.69) is 40.8 Å². The van der Waals surface area contributed by atoms with Gasteiger partial charge in [-0.15, -0.1) is 0 Å². The Morgan fingerprint density at radius 3 is 2.92 bits per heavy atom. The van der Waals surface area contributed by atoms with Gasteiger partial charge in [-0.2, -0.15) is 0 Å². The molecule has 2 unspecified atom stereocenters. The van der Waals surface area contributed by atoms with Crippen molar-refractivity contribution in [2.75, 3.05) is 12.8 Å². The van der Waals surface area contributed by atoms with Crippen molar-refractivity contribution in [1.29, 1.82) is 0 Å². The molecule has 1 aromatic carbocycles. The number of nitrogens with two attached hydrogens (primary N) is 1. The number of nitrogen functional groups attached to an aromatic ring is 1. The molecule has 0 saturated heterocycles. The number of aromatic amines is 1. The van der Waals surface area contributed by atoms with Gasteiger partial charge in [0.25, 0.3) is 0 Å². The first-order valence-electron chi connectivity index (χ1n) is 9.07. The van der Waals surface area contributed by atoms with Crippen molar-refractivity contribution in [3.8, 4) is 0 Å². The van der Waals surface area contributed by atoms with Crippen LogP contribution in [0.4, 0.5) is 5.69 Å². The summed E-state index contributed by atoms with van der Waals surface area (Å²) in [6.45, 7) is 3.99. The Labute approximate surface area is 148 Å².